The van der Waals surface area contributed by atoms with Crippen molar-refractivity contribution in [2.24, 2.45) is 27.8 Å². The average molecular weight is 320 g/mol. The van der Waals surface area contributed by atoms with Crippen LogP contribution >= 0.6 is 0 Å². The van der Waals surface area contributed by atoms with E-state index in [1.165, 1.54) is 12.8 Å². The second kappa shape index (κ2) is 5.98. The maximum Gasteiger partial charge on any atom is 0.196 e. The Morgan fingerprint density at radius 2 is 2.17 bits per heavy atom. The number of aliphatic imine (C=N–C) groups is 1. The zero-order valence-corrected chi connectivity index (χ0v) is 14.7. The van der Waals surface area contributed by atoms with Gasteiger partial charge in [-0.05, 0) is 49.6 Å². The van der Waals surface area contributed by atoms with Crippen molar-refractivity contribution >= 4 is 5.96 Å². The third-order valence-corrected chi connectivity index (χ3v) is 5.19. The Kier molecular flexibility index (Phi) is 4.31. The zero-order valence-electron chi connectivity index (χ0n) is 14.7. The number of likely N-dealkylation sites (tertiary alicyclic amines) is 1. The molecule has 6 N–H and O–H groups in total. The van der Waals surface area contributed by atoms with Gasteiger partial charge in [-0.15, -0.1) is 0 Å². The molecule has 3 aliphatic heterocycles. The summed E-state index contributed by atoms with van der Waals surface area (Å²) in [4.78, 5) is 6.85. The summed E-state index contributed by atoms with van der Waals surface area (Å²) in [6, 6.07) is 0.591. The van der Waals surface area contributed by atoms with E-state index in [0.29, 0.717) is 12.0 Å². The van der Waals surface area contributed by atoms with Gasteiger partial charge < -0.3 is 27.0 Å². The molecular formula is C17H32N6. The molecule has 2 fully saturated rings. The van der Waals surface area contributed by atoms with E-state index < -0.39 is 5.66 Å². The molecule has 3 atom stereocenters. The van der Waals surface area contributed by atoms with Crippen LogP contribution in [0, 0.1) is 11.3 Å². The van der Waals surface area contributed by atoms with Crippen molar-refractivity contribution in [3.8, 4) is 0 Å². The van der Waals surface area contributed by atoms with E-state index in [1.54, 1.807) is 0 Å². The number of hydrogen-bond acceptors (Lipinski definition) is 6. The molecule has 3 unspecified atom stereocenters. The van der Waals surface area contributed by atoms with Gasteiger partial charge >= 0.3 is 0 Å². The van der Waals surface area contributed by atoms with Gasteiger partial charge in [0.05, 0.1) is 0 Å². The summed E-state index contributed by atoms with van der Waals surface area (Å²) in [5, 5.41) is 6.87. The fraction of sp³-hybridized carbons (Fsp3) is 0.824. The standard InChI is InChI=1S/C17H32N6/c1-16(2,3)6-7-17(19)9-14(21-15(18)22-17)23-10-12-5-4-8-20-13(12)11-23/h9,12-13,20H,4-8,10-11,19H2,1-3H3,(H3,18,21,22). The monoisotopic (exact) mass is 320 g/mol. The molecular weight excluding hydrogens is 288 g/mol. The van der Waals surface area contributed by atoms with Gasteiger partial charge in [0.2, 0.25) is 0 Å². The lowest BCUT2D eigenvalue weighted by Gasteiger charge is -2.34. The molecule has 3 heterocycles. The predicted octanol–water partition coefficient (Wildman–Crippen LogP) is 0.911. The smallest absolute Gasteiger partial charge is 0.196 e. The van der Waals surface area contributed by atoms with Crippen molar-refractivity contribution in [1.29, 1.82) is 0 Å². The highest BCUT2D eigenvalue weighted by atomic mass is 15.3. The van der Waals surface area contributed by atoms with Gasteiger partial charge in [-0.2, -0.15) is 0 Å². The van der Waals surface area contributed by atoms with Crippen molar-refractivity contribution in [1.82, 2.24) is 15.5 Å². The van der Waals surface area contributed by atoms with Crippen LogP contribution in [0.4, 0.5) is 0 Å². The Balaban J connectivity index is 1.71. The first-order chi connectivity index (χ1) is 10.7. The van der Waals surface area contributed by atoms with E-state index in [2.05, 4.69) is 47.4 Å². The maximum absolute atomic E-state index is 6.54. The first kappa shape index (κ1) is 16.6. The minimum absolute atomic E-state index is 0.238. The molecule has 0 bridgehead atoms. The SMILES string of the molecule is CC(C)(C)CCC1(N)C=C(N2CC3CCCNC3C2)NC(N)=N1. The summed E-state index contributed by atoms with van der Waals surface area (Å²) in [5.74, 6) is 2.19. The molecule has 6 heteroatoms. The summed E-state index contributed by atoms with van der Waals surface area (Å²) in [7, 11) is 0. The molecule has 2 saturated heterocycles. The van der Waals surface area contributed by atoms with Gasteiger partial charge in [0.25, 0.3) is 0 Å². The largest absolute Gasteiger partial charge is 0.370 e. The Morgan fingerprint density at radius 3 is 2.87 bits per heavy atom. The molecule has 0 aromatic rings. The Labute approximate surface area is 139 Å². The molecule has 0 aromatic heterocycles. The van der Waals surface area contributed by atoms with Crippen molar-refractivity contribution in [3.05, 3.63) is 11.9 Å². The molecule has 3 rings (SSSR count). The van der Waals surface area contributed by atoms with Crippen molar-refractivity contribution in [3.63, 3.8) is 0 Å². The fourth-order valence-corrected chi connectivity index (χ4v) is 3.81. The van der Waals surface area contributed by atoms with E-state index in [-0.39, 0.29) is 5.41 Å². The Bertz CT molecular complexity index is 492. The fourth-order valence-electron chi connectivity index (χ4n) is 3.81. The van der Waals surface area contributed by atoms with Crippen LogP contribution in [-0.2, 0) is 0 Å². The normalized spacial score (nSPS) is 34.5. The highest BCUT2D eigenvalue weighted by Gasteiger charge is 2.37. The highest BCUT2D eigenvalue weighted by Crippen LogP contribution is 2.31. The number of rotatable bonds is 3. The quantitative estimate of drug-likeness (QED) is 0.620. The average Bonchev–Trinajstić information content (AvgIpc) is 2.88. The Hall–Kier alpha value is -1.27. The summed E-state index contributed by atoms with van der Waals surface area (Å²) in [5.41, 5.74) is 12.1. The summed E-state index contributed by atoms with van der Waals surface area (Å²) in [6.45, 7) is 9.91. The van der Waals surface area contributed by atoms with E-state index in [9.17, 15) is 0 Å². The lowest BCUT2D eigenvalue weighted by atomic mass is 9.86. The third kappa shape index (κ3) is 3.98. The summed E-state index contributed by atoms with van der Waals surface area (Å²) < 4.78 is 0. The predicted molar refractivity (Wildman–Crippen MR) is 94.5 cm³/mol. The van der Waals surface area contributed by atoms with Crippen LogP contribution in [0.1, 0.15) is 46.5 Å². The number of nitrogens with two attached hydrogens (primary N) is 2. The lowest BCUT2D eigenvalue weighted by Crippen LogP contribution is -2.50. The molecule has 6 nitrogen and oxygen atoms in total. The van der Waals surface area contributed by atoms with Crippen molar-refractivity contribution in [2.45, 2.75) is 58.2 Å². The van der Waals surface area contributed by atoms with Gasteiger partial charge in [0.15, 0.2) is 5.96 Å². The van der Waals surface area contributed by atoms with Crippen molar-refractivity contribution < 1.29 is 0 Å². The van der Waals surface area contributed by atoms with Crippen LogP contribution in [-0.4, -0.2) is 42.2 Å². The van der Waals surface area contributed by atoms with E-state index in [0.717, 1.165) is 44.2 Å². The van der Waals surface area contributed by atoms with Gasteiger partial charge in [-0.3, -0.25) is 0 Å². The van der Waals surface area contributed by atoms with Crippen LogP contribution in [0.15, 0.2) is 16.9 Å². The molecule has 3 aliphatic rings. The van der Waals surface area contributed by atoms with Crippen LogP contribution in [0.5, 0.6) is 0 Å². The highest BCUT2D eigenvalue weighted by molar-refractivity contribution is 5.81. The zero-order chi connectivity index (χ0) is 16.7. The molecule has 130 valence electrons. The van der Waals surface area contributed by atoms with Gasteiger partial charge in [-0.25, -0.2) is 4.99 Å². The Morgan fingerprint density at radius 1 is 1.39 bits per heavy atom. The van der Waals surface area contributed by atoms with Crippen LogP contribution in [0.3, 0.4) is 0 Å². The number of guanidine groups is 1. The molecule has 0 aliphatic carbocycles. The van der Waals surface area contributed by atoms with E-state index >= 15 is 0 Å². The topological polar surface area (TPSA) is 91.7 Å². The van der Waals surface area contributed by atoms with Crippen LogP contribution < -0.4 is 22.1 Å². The lowest BCUT2D eigenvalue weighted by molar-refractivity contribution is 0.313. The summed E-state index contributed by atoms with van der Waals surface area (Å²) >= 11 is 0. The third-order valence-electron chi connectivity index (χ3n) is 5.19. The molecule has 0 radical (unpaired) electrons. The van der Waals surface area contributed by atoms with Gasteiger partial charge in [0.1, 0.15) is 11.5 Å². The number of piperidine rings is 1. The number of hydrogen-bond donors (Lipinski definition) is 4. The van der Waals surface area contributed by atoms with Crippen LogP contribution in [0.25, 0.3) is 0 Å². The molecule has 0 saturated carbocycles. The minimum Gasteiger partial charge on any atom is -0.370 e. The number of nitrogens with one attached hydrogen (secondary N) is 2. The first-order valence-corrected chi connectivity index (χ1v) is 8.87. The minimum atomic E-state index is -0.695. The maximum atomic E-state index is 6.54. The number of nitrogens with zero attached hydrogens (tertiary/aromatic N) is 2. The molecule has 0 amide bonds. The summed E-state index contributed by atoms with van der Waals surface area (Å²) in [6.07, 6.45) is 6.48. The second-order valence-electron chi connectivity index (χ2n) is 8.57. The second-order valence-corrected chi connectivity index (χ2v) is 8.57. The van der Waals surface area contributed by atoms with E-state index in [1.807, 2.05) is 0 Å². The number of fused-ring (bicyclic) bond motifs is 1. The van der Waals surface area contributed by atoms with Crippen molar-refractivity contribution in [2.75, 3.05) is 19.6 Å². The van der Waals surface area contributed by atoms with Crippen LogP contribution in [0.2, 0.25) is 0 Å². The van der Waals surface area contributed by atoms with Gasteiger partial charge in [-0.1, -0.05) is 20.8 Å². The van der Waals surface area contributed by atoms with Gasteiger partial charge in [0, 0.05) is 19.1 Å². The first-order valence-electron chi connectivity index (χ1n) is 8.87. The molecule has 0 spiro atoms. The molecule has 0 aromatic carbocycles. The molecule has 23 heavy (non-hydrogen) atoms. The van der Waals surface area contributed by atoms with E-state index in [4.69, 9.17) is 11.5 Å².